The lowest BCUT2D eigenvalue weighted by molar-refractivity contribution is 0.0351. The van der Waals surface area contributed by atoms with E-state index in [0.29, 0.717) is 23.7 Å². The molecule has 1 aromatic rings. The normalized spacial score (nSPS) is 26.7. The van der Waals surface area contributed by atoms with Gasteiger partial charge in [-0.1, -0.05) is 11.6 Å². The van der Waals surface area contributed by atoms with E-state index in [2.05, 4.69) is 30.7 Å². The third-order valence-electron chi connectivity index (χ3n) is 4.32. The van der Waals surface area contributed by atoms with E-state index in [0.717, 1.165) is 18.7 Å². The highest BCUT2D eigenvalue weighted by Crippen LogP contribution is 2.27. The first-order valence-corrected chi connectivity index (χ1v) is 7.42. The molecular weight excluding hydrogens is 277 g/mol. The molecule has 2 rings (SSSR count). The van der Waals surface area contributed by atoms with Gasteiger partial charge < -0.3 is 5.73 Å². The second-order valence-electron chi connectivity index (χ2n) is 5.77. The minimum absolute atomic E-state index is 0.0156. The van der Waals surface area contributed by atoms with Crippen LogP contribution >= 0.6 is 11.6 Å². The molecule has 1 aliphatic heterocycles. The standard InChI is InChI=1S/C15H23ClFN3/c1-10-8-20(9-11(2)19(10)3)15(7-18)12-4-13(16)6-14(17)5-12/h4-6,10-11,15H,7-9,18H2,1-3H3. The molecule has 5 heteroatoms. The van der Waals surface area contributed by atoms with E-state index in [9.17, 15) is 4.39 Å². The minimum atomic E-state index is -0.304. The van der Waals surface area contributed by atoms with Gasteiger partial charge in [-0.05, 0) is 44.7 Å². The van der Waals surface area contributed by atoms with Crippen molar-refractivity contribution >= 4 is 11.6 Å². The van der Waals surface area contributed by atoms with E-state index in [1.807, 2.05) is 6.07 Å². The third kappa shape index (κ3) is 3.31. The van der Waals surface area contributed by atoms with E-state index in [1.54, 1.807) is 0 Å². The second kappa shape index (κ2) is 6.39. The molecule has 112 valence electrons. The molecule has 0 bridgehead atoms. The average molecular weight is 300 g/mol. The Morgan fingerprint density at radius 3 is 2.40 bits per heavy atom. The maximum atomic E-state index is 13.6. The molecule has 1 aromatic carbocycles. The smallest absolute Gasteiger partial charge is 0.125 e. The van der Waals surface area contributed by atoms with Gasteiger partial charge in [-0.3, -0.25) is 9.80 Å². The van der Waals surface area contributed by atoms with Crippen LogP contribution in [-0.4, -0.2) is 48.6 Å². The molecule has 3 unspecified atom stereocenters. The van der Waals surface area contributed by atoms with Crippen LogP contribution in [-0.2, 0) is 0 Å². The largest absolute Gasteiger partial charge is 0.329 e. The van der Waals surface area contributed by atoms with Gasteiger partial charge in [0.15, 0.2) is 0 Å². The number of piperazine rings is 1. The fraction of sp³-hybridized carbons (Fsp3) is 0.600. The van der Waals surface area contributed by atoms with Gasteiger partial charge in [-0.15, -0.1) is 0 Å². The monoisotopic (exact) mass is 299 g/mol. The fourth-order valence-electron chi connectivity index (χ4n) is 2.96. The Labute approximate surface area is 125 Å². The molecule has 0 aliphatic carbocycles. The van der Waals surface area contributed by atoms with Gasteiger partial charge in [0.25, 0.3) is 0 Å². The van der Waals surface area contributed by atoms with Crippen LogP contribution in [0.25, 0.3) is 0 Å². The van der Waals surface area contributed by atoms with Gasteiger partial charge in [0.1, 0.15) is 5.82 Å². The van der Waals surface area contributed by atoms with Crippen LogP contribution in [0.4, 0.5) is 4.39 Å². The van der Waals surface area contributed by atoms with E-state index in [1.165, 1.54) is 12.1 Å². The van der Waals surface area contributed by atoms with Gasteiger partial charge in [0.2, 0.25) is 0 Å². The van der Waals surface area contributed by atoms with E-state index in [4.69, 9.17) is 17.3 Å². The zero-order chi connectivity index (χ0) is 14.9. The van der Waals surface area contributed by atoms with Crippen molar-refractivity contribution in [3.63, 3.8) is 0 Å². The van der Waals surface area contributed by atoms with Gasteiger partial charge in [0, 0.05) is 42.8 Å². The Balaban J connectivity index is 2.23. The predicted molar refractivity (Wildman–Crippen MR) is 81.5 cm³/mol. The van der Waals surface area contributed by atoms with Crippen molar-refractivity contribution in [2.24, 2.45) is 5.73 Å². The molecule has 3 atom stereocenters. The number of nitrogens with two attached hydrogens (primary N) is 1. The number of likely N-dealkylation sites (N-methyl/N-ethyl adjacent to an activating group) is 1. The highest BCUT2D eigenvalue weighted by molar-refractivity contribution is 6.30. The Morgan fingerprint density at radius 1 is 1.30 bits per heavy atom. The summed E-state index contributed by atoms with van der Waals surface area (Å²) in [6.07, 6.45) is 0. The summed E-state index contributed by atoms with van der Waals surface area (Å²) in [5, 5.41) is 0.425. The van der Waals surface area contributed by atoms with Crippen molar-refractivity contribution in [1.82, 2.24) is 9.80 Å². The lowest BCUT2D eigenvalue weighted by atomic mass is 10.0. The molecule has 1 fully saturated rings. The van der Waals surface area contributed by atoms with Crippen molar-refractivity contribution in [2.75, 3.05) is 26.7 Å². The molecule has 2 N–H and O–H groups in total. The first kappa shape index (κ1) is 15.7. The molecule has 0 amide bonds. The summed E-state index contributed by atoms with van der Waals surface area (Å²) in [5.74, 6) is -0.304. The van der Waals surface area contributed by atoms with Gasteiger partial charge >= 0.3 is 0 Å². The maximum Gasteiger partial charge on any atom is 0.125 e. The number of rotatable bonds is 3. The lowest BCUT2D eigenvalue weighted by Crippen LogP contribution is -2.56. The van der Waals surface area contributed by atoms with E-state index >= 15 is 0 Å². The van der Waals surface area contributed by atoms with Crippen molar-refractivity contribution in [1.29, 1.82) is 0 Å². The molecular formula is C15H23ClFN3. The topological polar surface area (TPSA) is 32.5 Å². The van der Waals surface area contributed by atoms with Crippen LogP contribution < -0.4 is 5.73 Å². The Kier molecular flexibility index (Phi) is 5.02. The summed E-state index contributed by atoms with van der Waals surface area (Å²) >= 11 is 5.96. The number of halogens is 2. The van der Waals surface area contributed by atoms with Crippen LogP contribution in [0.5, 0.6) is 0 Å². The summed E-state index contributed by atoms with van der Waals surface area (Å²) < 4.78 is 13.6. The zero-order valence-corrected chi connectivity index (χ0v) is 13.1. The minimum Gasteiger partial charge on any atom is -0.329 e. The van der Waals surface area contributed by atoms with Gasteiger partial charge in [-0.2, -0.15) is 0 Å². The number of benzene rings is 1. The van der Waals surface area contributed by atoms with Crippen LogP contribution in [0, 0.1) is 5.82 Å². The van der Waals surface area contributed by atoms with E-state index in [-0.39, 0.29) is 11.9 Å². The van der Waals surface area contributed by atoms with Crippen molar-refractivity contribution in [3.8, 4) is 0 Å². The first-order valence-electron chi connectivity index (χ1n) is 7.04. The van der Waals surface area contributed by atoms with Crippen molar-refractivity contribution in [2.45, 2.75) is 32.0 Å². The molecule has 0 saturated carbocycles. The van der Waals surface area contributed by atoms with Crippen molar-refractivity contribution in [3.05, 3.63) is 34.6 Å². The number of nitrogens with zero attached hydrogens (tertiary/aromatic N) is 2. The summed E-state index contributed by atoms with van der Waals surface area (Å²) in [7, 11) is 2.14. The highest BCUT2D eigenvalue weighted by Gasteiger charge is 2.31. The second-order valence-corrected chi connectivity index (χ2v) is 6.21. The molecule has 1 aliphatic rings. The highest BCUT2D eigenvalue weighted by atomic mass is 35.5. The molecule has 1 saturated heterocycles. The molecule has 0 aromatic heterocycles. The number of hydrogen-bond acceptors (Lipinski definition) is 3. The Bertz CT molecular complexity index is 436. The first-order chi connectivity index (χ1) is 9.42. The number of hydrogen-bond donors (Lipinski definition) is 1. The Hall–Kier alpha value is -0.680. The summed E-state index contributed by atoms with van der Waals surface area (Å²) in [5.41, 5.74) is 6.80. The van der Waals surface area contributed by atoms with Gasteiger partial charge in [-0.25, -0.2) is 4.39 Å². The third-order valence-corrected chi connectivity index (χ3v) is 4.54. The predicted octanol–water partition coefficient (Wildman–Crippen LogP) is 2.50. The molecule has 1 heterocycles. The molecule has 3 nitrogen and oxygen atoms in total. The van der Waals surface area contributed by atoms with Crippen LogP contribution in [0.15, 0.2) is 18.2 Å². The summed E-state index contributed by atoms with van der Waals surface area (Å²) in [6.45, 7) is 6.72. The molecule has 20 heavy (non-hydrogen) atoms. The molecule has 0 spiro atoms. The fourth-order valence-corrected chi connectivity index (χ4v) is 3.19. The van der Waals surface area contributed by atoms with Gasteiger partial charge in [0.05, 0.1) is 0 Å². The van der Waals surface area contributed by atoms with Crippen LogP contribution in [0.3, 0.4) is 0 Å². The zero-order valence-electron chi connectivity index (χ0n) is 12.3. The lowest BCUT2D eigenvalue weighted by Gasteiger charge is -2.45. The Morgan fingerprint density at radius 2 is 1.90 bits per heavy atom. The SMILES string of the molecule is CC1CN(C(CN)c2cc(F)cc(Cl)c2)CC(C)N1C. The molecule has 0 radical (unpaired) electrons. The van der Waals surface area contributed by atoms with Crippen LogP contribution in [0.1, 0.15) is 25.5 Å². The van der Waals surface area contributed by atoms with Crippen molar-refractivity contribution < 1.29 is 4.39 Å². The summed E-state index contributed by atoms with van der Waals surface area (Å²) in [4.78, 5) is 4.70. The maximum absolute atomic E-state index is 13.6. The van der Waals surface area contributed by atoms with E-state index < -0.39 is 0 Å². The average Bonchev–Trinajstić information content (AvgIpc) is 2.35. The quantitative estimate of drug-likeness (QED) is 0.931. The summed E-state index contributed by atoms with van der Waals surface area (Å²) in [6, 6.07) is 5.61. The van der Waals surface area contributed by atoms with Crippen LogP contribution in [0.2, 0.25) is 5.02 Å².